The Hall–Kier alpha value is -2.62. The Bertz CT molecular complexity index is 791. The van der Waals surface area contributed by atoms with Crippen LogP contribution in [0.25, 0.3) is 11.1 Å². The topological polar surface area (TPSA) is 49.4 Å². The van der Waals surface area contributed by atoms with Gasteiger partial charge in [0.15, 0.2) is 0 Å². The van der Waals surface area contributed by atoms with Gasteiger partial charge in [-0.1, -0.05) is 48.5 Å². The van der Waals surface area contributed by atoms with Crippen LogP contribution >= 0.6 is 0 Å². The SMILES string of the molecule is O=C(Nc1ccccc1-c1ccccc1)C1CCN(C(=O)C2CC2)CC1. The predicted molar refractivity (Wildman–Crippen MR) is 103 cm³/mol. The lowest BCUT2D eigenvalue weighted by atomic mass is 9.95. The highest BCUT2D eigenvalue weighted by Gasteiger charge is 2.36. The van der Waals surface area contributed by atoms with Gasteiger partial charge in [-0.05, 0) is 37.3 Å². The van der Waals surface area contributed by atoms with E-state index in [-0.39, 0.29) is 17.7 Å². The zero-order valence-corrected chi connectivity index (χ0v) is 14.9. The number of nitrogens with zero attached hydrogens (tertiary/aromatic N) is 1. The van der Waals surface area contributed by atoms with Crippen molar-refractivity contribution in [2.24, 2.45) is 11.8 Å². The number of carbonyl (C=O) groups excluding carboxylic acids is 2. The molecule has 1 aliphatic carbocycles. The van der Waals surface area contributed by atoms with Crippen molar-refractivity contribution in [2.75, 3.05) is 18.4 Å². The fraction of sp³-hybridized carbons (Fsp3) is 0.364. The minimum absolute atomic E-state index is 0.0258. The standard InChI is InChI=1S/C22H24N2O2/c25-21(17-12-14-24(15-13-17)22(26)18-10-11-18)23-20-9-5-4-8-19(20)16-6-2-1-3-7-16/h1-9,17-18H,10-15H2,(H,23,25). The summed E-state index contributed by atoms with van der Waals surface area (Å²) in [5.74, 6) is 0.588. The Morgan fingerprint density at radius 2 is 1.46 bits per heavy atom. The fourth-order valence-corrected chi connectivity index (χ4v) is 3.65. The number of benzene rings is 2. The van der Waals surface area contributed by atoms with Gasteiger partial charge in [0.1, 0.15) is 0 Å². The van der Waals surface area contributed by atoms with Crippen molar-refractivity contribution < 1.29 is 9.59 Å². The summed E-state index contributed by atoms with van der Waals surface area (Å²) in [6.07, 6.45) is 3.57. The molecule has 0 bridgehead atoms. The molecule has 1 saturated carbocycles. The van der Waals surface area contributed by atoms with Crippen molar-refractivity contribution in [1.82, 2.24) is 4.90 Å². The molecule has 0 atom stereocenters. The maximum atomic E-state index is 12.8. The van der Waals surface area contributed by atoms with Crippen molar-refractivity contribution in [3.05, 3.63) is 54.6 Å². The Morgan fingerprint density at radius 3 is 2.15 bits per heavy atom. The van der Waals surface area contributed by atoms with E-state index in [9.17, 15) is 9.59 Å². The van der Waals surface area contributed by atoms with Crippen LogP contribution in [0.15, 0.2) is 54.6 Å². The molecule has 1 saturated heterocycles. The van der Waals surface area contributed by atoms with Crippen LogP contribution in [-0.2, 0) is 9.59 Å². The molecule has 1 heterocycles. The van der Waals surface area contributed by atoms with E-state index in [0.717, 1.165) is 42.5 Å². The third-order valence-corrected chi connectivity index (χ3v) is 5.37. The van der Waals surface area contributed by atoms with Crippen molar-refractivity contribution in [3.63, 3.8) is 0 Å². The molecule has 4 nitrogen and oxygen atoms in total. The van der Waals surface area contributed by atoms with Crippen LogP contribution in [0.5, 0.6) is 0 Å². The van der Waals surface area contributed by atoms with Crippen LogP contribution in [0.3, 0.4) is 0 Å². The van der Waals surface area contributed by atoms with E-state index in [1.165, 1.54) is 0 Å². The molecule has 26 heavy (non-hydrogen) atoms. The first-order chi connectivity index (χ1) is 12.7. The minimum atomic E-state index is -0.0258. The Labute approximate surface area is 154 Å². The average Bonchev–Trinajstić information content (AvgIpc) is 3.54. The molecule has 0 unspecified atom stereocenters. The second-order valence-corrected chi connectivity index (χ2v) is 7.27. The largest absolute Gasteiger partial charge is 0.342 e. The van der Waals surface area contributed by atoms with Crippen LogP contribution in [0.4, 0.5) is 5.69 Å². The number of nitrogens with one attached hydrogen (secondary N) is 1. The first-order valence-corrected chi connectivity index (χ1v) is 9.46. The third-order valence-electron chi connectivity index (χ3n) is 5.37. The highest BCUT2D eigenvalue weighted by atomic mass is 16.2. The number of piperidine rings is 1. The molecule has 134 valence electrons. The Balaban J connectivity index is 1.41. The molecule has 0 spiro atoms. The maximum absolute atomic E-state index is 12.8. The van der Waals surface area contributed by atoms with Gasteiger partial charge in [0.05, 0.1) is 0 Å². The number of para-hydroxylation sites is 1. The van der Waals surface area contributed by atoms with Crippen molar-refractivity contribution >= 4 is 17.5 Å². The van der Waals surface area contributed by atoms with E-state index in [1.807, 2.05) is 59.5 Å². The van der Waals surface area contributed by atoms with Crippen LogP contribution in [0.1, 0.15) is 25.7 Å². The van der Waals surface area contributed by atoms with E-state index >= 15 is 0 Å². The smallest absolute Gasteiger partial charge is 0.227 e. The number of rotatable bonds is 4. The lowest BCUT2D eigenvalue weighted by Gasteiger charge is -2.31. The molecular formula is C22H24N2O2. The summed E-state index contributed by atoms with van der Waals surface area (Å²) in [7, 11) is 0. The number of anilines is 1. The molecule has 2 aromatic rings. The van der Waals surface area contributed by atoms with Gasteiger partial charge in [-0.15, -0.1) is 0 Å². The summed E-state index contributed by atoms with van der Waals surface area (Å²) in [5, 5.41) is 3.12. The summed E-state index contributed by atoms with van der Waals surface area (Å²) in [6, 6.07) is 18.0. The number of hydrogen-bond donors (Lipinski definition) is 1. The first-order valence-electron chi connectivity index (χ1n) is 9.46. The van der Waals surface area contributed by atoms with E-state index in [2.05, 4.69) is 5.32 Å². The molecule has 1 N–H and O–H groups in total. The van der Waals surface area contributed by atoms with E-state index in [0.29, 0.717) is 19.0 Å². The summed E-state index contributed by atoms with van der Waals surface area (Å²) in [4.78, 5) is 26.9. The van der Waals surface area contributed by atoms with E-state index in [4.69, 9.17) is 0 Å². The van der Waals surface area contributed by atoms with Crippen LogP contribution < -0.4 is 5.32 Å². The second-order valence-electron chi connectivity index (χ2n) is 7.27. The Morgan fingerprint density at radius 1 is 0.808 bits per heavy atom. The monoisotopic (exact) mass is 348 g/mol. The maximum Gasteiger partial charge on any atom is 0.227 e. The molecular weight excluding hydrogens is 324 g/mol. The molecule has 4 rings (SSSR count). The van der Waals surface area contributed by atoms with Gasteiger partial charge in [0, 0.05) is 36.2 Å². The molecule has 2 fully saturated rings. The summed E-state index contributed by atoms with van der Waals surface area (Å²) in [5.41, 5.74) is 2.97. The van der Waals surface area contributed by atoms with Crippen LogP contribution in [0.2, 0.25) is 0 Å². The molecule has 2 amide bonds. The molecule has 2 aromatic carbocycles. The predicted octanol–water partition coefficient (Wildman–Crippen LogP) is 3.94. The van der Waals surface area contributed by atoms with Crippen LogP contribution in [0, 0.1) is 11.8 Å². The third kappa shape index (κ3) is 3.64. The molecule has 2 aliphatic rings. The van der Waals surface area contributed by atoms with E-state index < -0.39 is 0 Å². The molecule has 4 heteroatoms. The van der Waals surface area contributed by atoms with Crippen molar-refractivity contribution in [3.8, 4) is 11.1 Å². The van der Waals surface area contributed by atoms with Gasteiger partial charge < -0.3 is 10.2 Å². The number of hydrogen-bond acceptors (Lipinski definition) is 2. The van der Waals surface area contributed by atoms with E-state index in [1.54, 1.807) is 0 Å². The summed E-state index contributed by atoms with van der Waals surface area (Å²) in [6.45, 7) is 1.40. The lowest BCUT2D eigenvalue weighted by molar-refractivity contribution is -0.135. The Kier molecular flexibility index (Phi) is 4.74. The molecule has 0 aromatic heterocycles. The highest BCUT2D eigenvalue weighted by molar-refractivity contribution is 5.97. The zero-order valence-electron chi connectivity index (χ0n) is 14.9. The summed E-state index contributed by atoms with van der Waals surface area (Å²) < 4.78 is 0. The van der Waals surface area contributed by atoms with Gasteiger partial charge in [0.2, 0.25) is 11.8 Å². The van der Waals surface area contributed by atoms with Gasteiger partial charge in [-0.2, -0.15) is 0 Å². The average molecular weight is 348 g/mol. The highest BCUT2D eigenvalue weighted by Crippen LogP contribution is 2.33. The van der Waals surface area contributed by atoms with Crippen molar-refractivity contribution in [1.29, 1.82) is 0 Å². The van der Waals surface area contributed by atoms with Crippen molar-refractivity contribution in [2.45, 2.75) is 25.7 Å². The van der Waals surface area contributed by atoms with Crippen LogP contribution in [-0.4, -0.2) is 29.8 Å². The lowest BCUT2D eigenvalue weighted by Crippen LogP contribution is -2.42. The van der Waals surface area contributed by atoms with Gasteiger partial charge in [0.25, 0.3) is 0 Å². The second kappa shape index (κ2) is 7.32. The molecule has 0 radical (unpaired) electrons. The number of amides is 2. The number of likely N-dealkylation sites (tertiary alicyclic amines) is 1. The number of carbonyl (C=O) groups is 2. The normalized spacial score (nSPS) is 17.8. The van der Waals surface area contributed by atoms with Gasteiger partial charge >= 0.3 is 0 Å². The first kappa shape index (κ1) is 16.8. The zero-order chi connectivity index (χ0) is 17.9. The molecule has 1 aliphatic heterocycles. The summed E-state index contributed by atoms with van der Waals surface area (Å²) >= 11 is 0. The minimum Gasteiger partial charge on any atom is -0.342 e. The van der Waals surface area contributed by atoms with Gasteiger partial charge in [-0.3, -0.25) is 9.59 Å². The van der Waals surface area contributed by atoms with Gasteiger partial charge in [-0.25, -0.2) is 0 Å². The fourth-order valence-electron chi connectivity index (χ4n) is 3.65. The quantitative estimate of drug-likeness (QED) is 0.910.